The smallest absolute Gasteiger partial charge is 0.331 e. The van der Waals surface area contributed by atoms with Crippen LogP contribution in [0.15, 0.2) is 54.6 Å². The van der Waals surface area contributed by atoms with Gasteiger partial charge in [-0.3, -0.25) is 9.59 Å². The average Bonchev–Trinajstić information content (AvgIpc) is 3.11. The van der Waals surface area contributed by atoms with Gasteiger partial charge in [0.2, 0.25) is 11.8 Å². The number of nitrogens with zero attached hydrogens (tertiary/aromatic N) is 1. The molecule has 1 heterocycles. The summed E-state index contributed by atoms with van der Waals surface area (Å²) in [6.45, 7) is 0.803. The number of nitrogens with two attached hydrogens (primary N) is 1. The van der Waals surface area contributed by atoms with E-state index < -0.39 is 11.9 Å². The largest absolute Gasteiger partial charge is 0.458 e. The van der Waals surface area contributed by atoms with Crippen molar-refractivity contribution in [3.8, 4) is 0 Å². The van der Waals surface area contributed by atoms with Crippen molar-refractivity contribution >= 4 is 29.5 Å². The summed E-state index contributed by atoms with van der Waals surface area (Å²) in [7, 11) is 0. The third-order valence-electron chi connectivity index (χ3n) is 4.28. The van der Waals surface area contributed by atoms with Crippen molar-refractivity contribution in [1.29, 1.82) is 0 Å². The summed E-state index contributed by atoms with van der Waals surface area (Å²) < 4.78 is 5.17. The molecule has 0 radical (unpaired) electrons. The molecule has 6 nitrogen and oxygen atoms in total. The van der Waals surface area contributed by atoms with E-state index in [1.807, 2.05) is 24.3 Å². The number of rotatable bonds is 6. The highest BCUT2D eigenvalue weighted by Gasteiger charge is 2.21. The van der Waals surface area contributed by atoms with Gasteiger partial charge in [-0.25, -0.2) is 4.79 Å². The van der Waals surface area contributed by atoms with Crippen LogP contribution in [0.4, 0.5) is 5.69 Å². The van der Waals surface area contributed by atoms with E-state index in [1.165, 1.54) is 6.08 Å². The Morgan fingerprint density at radius 3 is 2.59 bits per heavy atom. The number of amides is 2. The topological polar surface area (TPSA) is 89.7 Å². The van der Waals surface area contributed by atoms with Gasteiger partial charge in [0, 0.05) is 30.3 Å². The monoisotopic (exact) mass is 364 g/mol. The first-order valence-electron chi connectivity index (χ1n) is 8.67. The van der Waals surface area contributed by atoms with Crippen LogP contribution >= 0.6 is 0 Å². The second-order valence-corrected chi connectivity index (χ2v) is 6.25. The normalized spacial score (nSPS) is 13.9. The molecule has 0 aromatic heterocycles. The summed E-state index contributed by atoms with van der Waals surface area (Å²) in [5.74, 6) is -0.873. The number of hydrogen-bond acceptors (Lipinski definition) is 4. The van der Waals surface area contributed by atoms with Crippen molar-refractivity contribution in [2.24, 2.45) is 5.73 Å². The van der Waals surface area contributed by atoms with Crippen LogP contribution in [0.1, 0.15) is 34.3 Å². The van der Waals surface area contributed by atoms with E-state index in [-0.39, 0.29) is 12.5 Å². The van der Waals surface area contributed by atoms with E-state index >= 15 is 0 Å². The summed E-state index contributed by atoms with van der Waals surface area (Å²) in [4.78, 5) is 36.5. The lowest BCUT2D eigenvalue weighted by Crippen LogP contribution is -2.23. The SMILES string of the molecule is NC(=O)c1cccc(COC(=O)/C=C/c2ccc(N3CCCC3=O)cc2)c1. The zero-order chi connectivity index (χ0) is 19.2. The molecule has 2 aromatic rings. The fourth-order valence-electron chi connectivity index (χ4n) is 2.87. The molecule has 1 aliphatic rings. The molecule has 1 aliphatic heterocycles. The standard InChI is InChI=1S/C21H20N2O4/c22-21(26)17-4-1-3-16(13-17)14-27-20(25)11-8-15-6-9-18(10-7-15)23-12-2-5-19(23)24/h1,3-4,6-11,13H,2,5,12,14H2,(H2,22,26)/b11-8+. The van der Waals surface area contributed by atoms with Crippen molar-refractivity contribution in [3.63, 3.8) is 0 Å². The van der Waals surface area contributed by atoms with Crippen LogP contribution in [-0.2, 0) is 20.9 Å². The third-order valence-corrected chi connectivity index (χ3v) is 4.28. The molecule has 27 heavy (non-hydrogen) atoms. The van der Waals surface area contributed by atoms with Crippen LogP contribution in [0.2, 0.25) is 0 Å². The first kappa shape index (κ1) is 18.4. The molecular weight excluding hydrogens is 344 g/mol. The number of primary amides is 1. The highest BCUT2D eigenvalue weighted by atomic mass is 16.5. The van der Waals surface area contributed by atoms with Gasteiger partial charge >= 0.3 is 5.97 Å². The van der Waals surface area contributed by atoms with Crippen molar-refractivity contribution in [1.82, 2.24) is 0 Å². The molecule has 0 spiro atoms. The number of anilines is 1. The van der Waals surface area contributed by atoms with Crippen LogP contribution in [0, 0.1) is 0 Å². The number of carbonyl (C=O) groups is 3. The fraction of sp³-hybridized carbons (Fsp3) is 0.190. The molecular formula is C21H20N2O4. The molecule has 2 amide bonds. The summed E-state index contributed by atoms with van der Waals surface area (Å²) >= 11 is 0. The van der Waals surface area contributed by atoms with Gasteiger partial charge in [0.1, 0.15) is 6.61 Å². The Morgan fingerprint density at radius 2 is 1.93 bits per heavy atom. The third kappa shape index (κ3) is 4.82. The molecule has 0 saturated carbocycles. The molecule has 2 aromatic carbocycles. The van der Waals surface area contributed by atoms with E-state index in [9.17, 15) is 14.4 Å². The van der Waals surface area contributed by atoms with Crippen LogP contribution in [0.3, 0.4) is 0 Å². The van der Waals surface area contributed by atoms with E-state index in [2.05, 4.69) is 0 Å². The van der Waals surface area contributed by atoms with E-state index in [0.717, 1.165) is 24.2 Å². The van der Waals surface area contributed by atoms with Gasteiger partial charge in [-0.05, 0) is 47.9 Å². The highest BCUT2D eigenvalue weighted by molar-refractivity contribution is 5.95. The number of esters is 1. The van der Waals surface area contributed by atoms with Crippen molar-refractivity contribution in [2.45, 2.75) is 19.4 Å². The Labute approximate surface area is 157 Å². The van der Waals surface area contributed by atoms with Gasteiger partial charge in [-0.1, -0.05) is 24.3 Å². The Morgan fingerprint density at radius 1 is 1.15 bits per heavy atom. The summed E-state index contributed by atoms with van der Waals surface area (Å²) in [5.41, 5.74) is 7.99. The van der Waals surface area contributed by atoms with Crippen LogP contribution < -0.4 is 10.6 Å². The second-order valence-electron chi connectivity index (χ2n) is 6.25. The Bertz CT molecular complexity index is 887. The van der Waals surface area contributed by atoms with Crippen molar-refractivity contribution in [3.05, 3.63) is 71.3 Å². The number of benzene rings is 2. The van der Waals surface area contributed by atoms with Gasteiger partial charge in [0.25, 0.3) is 0 Å². The quantitative estimate of drug-likeness (QED) is 0.630. The predicted molar refractivity (Wildman–Crippen MR) is 102 cm³/mol. The first-order valence-corrected chi connectivity index (χ1v) is 8.67. The van der Waals surface area contributed by atoms with E-state index in [1.54, 1.807) is 35.2 Å². The van der Waals surface area contributed by atoms with Gasteiger partial charge in [0.05, 0.1) is 0 Å². The molecule has 138 valence electrons. The maximum Gasteiger partial charge on any atom is 0.331 e. The molecule has 0 unspecified atom stereocenters. The minimum Gasteiger partial charge on any atom is -0.458 e. The number of ether oxygens (including phenoxy) is 1. The molecule has 2 N–H and O–H groups in total. The van der Waals surface area contributed by atoms with Crippen LogP contribution in [-0.4, -0.2) is 24.3 Å². The van der Waals surface area contributed by atoms with E-state index in [0.29, 0.717) is 17.5 Å². The number of hydrogen-bond donors (Lipinski definition) is 1. The van der Waals surface area contributed by atoms with Crippen molar-refractivity contribution < 1.29 is 19.1 Å². The Hall–Kier alpha value is -3.41. The maximum absolute atomic E-state index is 11.9. The fourth-order valence-corrected chi connectivity index (χ4v) is 2.87. The highest BCUT2D eigenvalue weighted by Crippen LogP contribution is 2.21. The summed E-state index contributed by atoms with van der Waals surface area (Å²) in [5, 5.41) is 0. The van der Waals surface area contributed by atoms with E-state index in [4.69, 9.17) is 10.5 Å². The zero-order valence-corrected chi connectivity index (χ0v) is 14.8. The molecule has 0 atom stereocenters. The first-order chi connectivity index (χ1) is 13.0. The zero-order valence-electron chi connectivity index (χ0n) is 14.8. The second kappa shape index (κ2) is 8.31. The van der Waals surface area contributed by atoms with Crippen LogP contribution in [0.5, 0.6) is 0 Å². The number of carbonyl (C=O) groups excluding carboxylic acids is 3. The minimum absolute atomic E-state index is 0.0559. The Kier molecular flexibility index (Phi) is 5.66. The van der Waals surface area contributed by atoms with Gasteiger partial charge < -0.3 is 15.4 Å². The maximum atomic E-state index is 11.9. The lowest BCUT2D eigenvalue weighted by molar-refractivity contribution is -0.138. The predicted octanol–water partition coefficient (Wildman–Crippen LogP) is 2.67. The van der Waals surface area contributed by atoms with Gasteiger partial charge in [-0.2, -0.15) is 0 Å². The molecule has 1 saturated heterocycles. The molecule has 1 fully saturated rings. The Balaban J connectivity index is 1.54. The molecule has 3 rings (SSSR count). The molecule has 0 aliphatic carbocycles. The summed E-state index contributed by atoms with van der Waals surface area (Å²) in [6.07, 6.45) is 4.47. The lowest BCUT2D eigenvalue weighted by atomic mass is 10.1. The summed E-state index contributed by atoms with van der Waals surface area (Å²) in [6, 6.07) is 14.1. The molecule has 0 bridgehead atoms. The van der Waals surface area contributed by atoms with Crippen molar-refractivity contribution in [2.75, 3.05) is 11.4 Å². The lowest BCUT2D eigenvalue weighted by Gasteiger charge is -2.15. The molecule has 6 heteroatoms. The van der Waals surface area contributed by atoms with Crippen LogP contribution in [0.25, 0.3) is 6.08 Å². The van der Waals surface area contributed by atoms with Gasteiger partial charge in [0.15, 0.2) is 0 Å². The van der Waals surface area contributed by atoms with Gasteiger partial charge in [-0.15, -0.1) is 0 Å². The minimum atomic E-state index is -0.526. The average molecular weight is 364 g/mol.